The molecule has 0 aliphatic rings. The highest BCUT2D eigenvalue weighted by molar-refractivity contribution is 7.89. The highest BCUT2D eigenvalue weighted by Gasteiger charge is 2.32. The zero-order chi connectivity index (χ0) is 20.2. The van der Waals surface area contributed by atoms with Gasteiger partial charge in [0.25, 0.3) is 0 Å². The highest BCUT2D eigenvalue weighted by Crippen LogP contribution is 2.29. The van der Waals surface area contributed by atoms with Crippen LogP contribution in [0.15, 0.2) is 47.4 Å². The molecule has 0 atom stereocenters. The smallest absolute Gasteiger partial charge is 0.493 e. The standard InChI is InChI=1S/C17H18F3NO5S/c1-21(11-12-7-8-15(24-2)16(9-12)25-3)27(22,23)14-6-4-5-13(10-14)26-17(18,19)20/h4-10H,11H2,1-3H3. The number of nitrogens with zero attached hydrogens (tertiary/aromatic N) is 1. The van der Waals surface area contributed by atoms with Gasteiger partial charge in [0.2, 0.25) is 10.0 Å². The zero-order valence-corrected chi connectivity index (χ0v) is 15.6. The van der Waals surface area contributed by atoms with Crippen molar-refractivity contribution in [2.45, 2.75) is 17.8 Å². The van der Waals surface area contributed by atoms with E-state index < -0.39 is 22.1 Å². The second-order valence-electron chi connectivity index (χ2n) is 5.47. The molecule has 0 aliphatic carbocycles. The van der Waals surface area contributed by atoms with Gasteiger partial charge in [0.1, 0.15) is 5.75 Å². The summed E-state index contributed by atoms with van der Waals surface area (Å²) < 4.78 is 77.5. The summed E-state index contributed by atoms with van der Waals surface area (Å²) in [5, 5.41) is 0. The van der Waals surface area contributed by atoms with Gasteiger partial charge in [-0.25, -0.2) is 8.42 Å². The van der Waals surface area contributed by atoms with Gasteiger partial charge >= 0.3 is 6.36 Å². The number of ether oxygens (including phenoxy) is 3. The minimum Gasteiger partial charge on any atom is -0.493 e. The minimum absolute atomic E-state index is 0.0208. The molecule has 2 rings (SSSR count). The van der Waals surface area contributed by atoms with Crippen LogP contribution in [0.3, 0.4) is 0 Å². The van der Waals surface area contributed by atoms with Gasteiger partial charge < -0.3 is 14.2 Å². The maximum absolute atomic E-state index is 12.7. The van der Waals surface area contributed by atoms with Crippen molar-refractivity contribution in [1.29, 1.82) is 0 Å². The van der Waals surface area contributed by atoms with Crippen LogP contribution in [0.4, 0.5) is 13.2 Å². The van der Waals surface area contributed by atoms with Gasteiger partial charge in [0, 0.05) is 19.7 Å². The predicted molar refractivity (Wildman–Crippen MR) is 91.3 cm³/mol. The van der Waals surface area contributed by atoms with E-state index in [1.54, 1.807) is 18.2 Å². The summed E-state index contributed by atoms with van der Waals surface area (Å²) in [6, 6.07) is 9.15. The molecule has 148 valence electrons. The summed E-state index contributed by atoms with van der Waals surface area (Å²) in [5.74, 6) is 0.313. The molecule has 2 aromatic rings. The zero-order valence-electron chi connectivity index (χ0n) is 14.8. The first kappa shape index (κ1) is 20.8. The molecular weight excluding hydrogens is 387 g/mol. The molecule has 0 spiro atoms. The van der Waals surface area contributed by atoms with Crippen molar-refractivity contribution in [2.75, 3.05) is 21.3 Å². The number of sulfonamides is 1. The maximum Gasteiger partial charge on any atom is 0.573 e. The summed E-state index contributed by atoms with van der Waals surface area (Å²) in [5.41, 5.74) is 0.612. The Balaban J connectivity index is 2.25. The molecule has 0 heterocycles. The van der Waals surface area contributed by atoms with Crippen LogP contribution in [0.5, 0.6) is 17.2 Å². The van der Waals surface area contributed by atoms with Gasteiger partial charge in [-0.2, -0.15) is 4.31 Å². The molecule has 0 saturated heterocycles. The molecule has 27 heavy (non-hydrogen) atoms. The third-order valence-electron chi connectivity index (χ3n) is 3.60. The van der Waals surface area contributed by atoms with Crippen LogP contribution in [0, 0.1) is 0 Å². The SMILES string of the molecule is COc1ccc(CN(C)S(=O)(=O)c2cccc(OC(F)(F)F)c2)cc1OC. The number of alkyl halides is 3. The number of benzene rings is 2. The Morgan fingerprint density at radius 2 is 1.67 bits per heavy atom. The molecule has 0 radical (unpaired) electrons. The first-order valence-electron chi connectivity index (χ1n) is 7.60. The number of hydrogen-bond donors (Lipinski definition) is 0. The summed E-state index contributed by atoms with van der Waals surface area (Å²) in [7, 11) is 0.215. The van der Waals surface area contributed by atoms with E-state index in [1.165, 1.54) is 33.4 Å². The normalized spacial score (nSPS) is 12.1. The third kappa shape index (κ3) is 5.27. The third-order valence-corrected chi connectivity index (χ3v) is 5.40. The number of hydrogen-bond acceptors (Lipinski definition) is 5. The van der Waals surface area contributed by atoms with E-state index in [4.69, 9.17) is 9.47 Å². The Morgan fingerprint density at radius 1 is 1.00 bits per heavy atom. The Bertz CT molecular complexity index is 900. The van der Waals surface area contributed by atoms with Crippen LogP contribution < -0.4 is 14.2 Å². The van der Waals surface area contributed by atoms with Crippen molar-refractivity contribution >= 4 is 10.0 Å². The van der Waals surface area contributed by atoms with Crippen LogP contribution in [0.25, 0.3) is 0 Å². The average Bonchev–Trinajstić information content (AvgIpc) is 2.60. The van der Waals surface area contributed by atoms with Crippen molar-refractivity contribution in [2.24, 2.45) is 0 Å². The van der Waals surface area contributed by atoms with Crippen LogP contribution in [-0.4, -0.2) is 40.4 Å². The number of halogens is 3. The molecule has 0 amide bonds. The lowest BCUT2D eigenvalue weighted by molar-refractivity contribution is -0.274. The van der Waals surface area contributed by atoms with Crippen molar-refractivity contribution in [3.63, 3.8) is 0 Å². The molecular formula is C17H18F3NO5S. The molecule has 0 aromatic heterocycles. The van der Waals surface area contributed by atoms with Crippen molar-refractivity contribution in [3.05, 3.63) is 48.0 Å². The van der Waals surface area contributed by atoms with E-state index in [1.807, 2.05) is 0 Å². The van der Waals surface area contributed by atoms with E-state index in [2.05, 4.69) is 4.74 Å². The van der Waals surface area contributed by atoms with E-state index >= 15 is 0 Å². The molecule has 0 bridgehead atoms. The second kappa shape index (κ2) is 8.05. The lowest BCUT2D eigenvalue weighted by Crippen LogP contribution is -2.26. The largest absolute Gasteiger partial charge is 0.573 e. The van der Waals surface area contributed by atoms with E-state index in [9.17, 15) is 21.6 Å². The number of rotatable bonds is 7. The molecule has 0 N–H and O–H groups in total. The van der Waals surface area contributed by atoms with Crippen molar-refractivity contribution < 1.29 is 35.8 Å². The molecule has 0 fully saturated rings. The minimum atomic E-state index is -4.91. The Labute approximate surface area is 155 Å². The Morgan fingerprint density at radius 3 is 2.26 bits per heavy atom. The van der Waals surface area contributed by atoms with Crippen molar-refractivity contribution in [3.8, 4) is 17.2 Å². The molecule has 10 heteroatoms. The average molecular weight is 405 g/mol. The summed E-state index contributed by atoms with van der Waals surface area (Å²) in [6.45, 7) is -0.0208. The first-order valence-corrected chi connectivity index (χ1v) is 9.04. The van der Waals surface area contributed by atoms with E-state index in [0.717, 1.165) is 16.4 Å². The van der Waals surface area contributed by atoms with Gasteiger partial charge in [0.05, 0.1) is 19.1 Å². The molecule has 0 saturated carbocycles. The van der Waals surface area contributed by atoms with E-state index in [0.29, 0.717) is 17.1 Å². The topological polar surface area (TPSA) is 65.1 Å². The fourth-order valence-corrected chi connectivity index (χ4v) is 3.53. The fraction of sp³-hybridized carbons (Fsp3) is 0.294. The fourth-order valence-electron chi connectivity index (χ4n) is 2.33. The Hall–Kier alpha value is -2.46. The second-order valence-corrected chi connectivity index (χ2v) is 7.52. The van der Waals surface area contributed by atoms with Crippen molar-refractivity contribution in [1.82, 2.24) is 4.31 Å². The van der Waals surface area contributed by atoms with Gasteiger partial charge in [-0.15, -0.1) is 13.2 Å². The van der Waals surface area contributed by atoms with Crippen LogP contribution in [0.2, 0.25) is 0 Å². The summed E-state index contributed by atoms with van der Waals surface area (Å²) in [4.78, 5) is -0.313. The summed E-state index contributed by atoms with van der Waals surface area (Å²) >= 11 is 0. The Kier molecular flexibility index (Phi) is 6.22. The van der Waals surface area contributed by atoms with Gasteiger partial charge in [0.15, 0.2) is 11.5 Å². The molecule has 6 nitrogen and oxygen atoms in total. The van der Waals surface area contributed by atoms with Crippen LogP contribution in [-0.2, 0) is 16.6 Å². The monoisotopic (exact) mass is 405 g/mol. The first-order chi connectivity index (χ1) is 12.6. The molecule has 0 unspecified atom stereocenters. The molecule has 2 aromatic carbocycles. The van der Waals surface area contributed by atoms with Gasteiger partial charge in [-0.3, -0.25) is 0 Å². The van der Waals surface area contributed by atoms with Gasteiger partial charge in [-0.1, -0.05) is 12.1 Å². The van der Waals surface area contributed by atoms with Crippen LogP contribution >= 0.6 is 0 Å². The predicted octanol–water partition coefficient (Wildman–Crippen LogP) is 3.42. The van der Waals surface area contributed by atoms with Gasteiger partial charge in [-0.05, 0) is 29.8 Å². The highest BCUT2D eigenvalue weighted by atomic mass is 32.2. The molecule has 0 aliphatic heterocycles. The lowest BCUT2D eigenvalue weighted by atomic mass is 10.2. The quantitative estimate of drug-likeness (QED) is 0.706. The number of methoxy groups -OCH3 is 2. The lowest BCUT2D eigenvalue weighted by Gasteiger charge is -2.19. The summed E-state index contributed by atoms with van der Waals surface area (Å²) in [6.07, 6.45) is -4.91. The maximum atomic E-state index is 12.7. The van der Waals surface area contributed by atoms with E-state index in [-0.39, 0.29) is 11.4 Å². The van der Waals surface area contributed by atoms with Crippen LogP contribution in [0.1, 0.15) is 5.56 Å².